The van der Waals surface area contributed by atoms with Crippen molar-refractivity contribution in [3.63, 3.8) is 0 Å². The summed E-state index contributed by atoms with van der Waals surface area (Å²) >= 11 is 3.03. The number of thiophene rings is 1. The van der Waals surface area contributed by atoms with Crippen LogP contribution < -0.4 is 5.32 Å². The van der Waals surface area contributed by atoms with Crippen LogP contribution in [0.5, 0.6) is 0 Å². The molecule has 0 fully saturated rings. The molecule has 1 amide bonds. The molecule has 1 N–H and O–H groups in total. The van der Waals surface area contributed by atoms with Crippen LogP contribution in [0.25, 0.3) is 11.3 Å². The second kappa shape index (κ2) is 6.23. The Balaban J connectivity index is 1.47. The summed E-state index contributed by atoms with van der Waals surface area (Å²) in [5.41, 5.74) is 4.41. The highest BCUT2D eigenvalue weighted by molar-refractivity contribution is 7.14. The average Bonchev–Trinajstić information content (AvgIpc) is 3.27. The lowest BCUT2D eigenvalue weighted by molar-refractivity contribution is -0.115. The number of hydrogen-bond acceptors (Lipinski definition) is 5. The number of nitrogens with one attached hydrogen (secondary N) is 1. The normalized spacial score (nSPS) is 13.0. The number of benzene rings is 1. The molecular formula is C17H14N2O2S2. The Labute approximate surface area is 141 Å². The fourth-order valence-corrected chi connectivity index (χ4v) is 3.97. The molecule has 0 radical (unpaired) electrons. The number of carbonyl (C=O) groups excluding carboxylic acids is 1. The van der Waals surface area contributed by atoms with E-state index >= 15 is 0 Å². The maximum atomic E-state index is 12.0. The number of nitrogens with zero attached hydrogens (tertiary/aromatic N) is 1. The zero-order valence-electron chi connectivity index (χ0n) is 12.2. The number of anilines is 1. The third-order valence-electron chi connectivity index (χ3n) is 3.68. The highest BCUT2D eigenvalue weighted by Crippen LogP contribution is 2.29. The van der Waals surface area contributed by atoms with Gasteiger partial charge >= 0.3 is 0 Å². The van der Waals surface area contributed by atoms with Gasteiger partial charge in [0, 0.05) is 15.8 Å². The maximum Gasteiger partial charge on any atom is 0.231 e. The molecule has 0 saturated carbocycles. The Morgan fingerprint density at radius 2 is 2.13 bits per heavy atom. The van der Waals surface area contributed by atoms with E-state index in [4.69, 9.17) is 4.74 Å². The highest BCUT2D eigenvalue weighted by atomic mass is 32.1. The Kier molecular flexibility index (Phi) is 3.95. The first-order valence-electron chi connectivity index (χ1n) is 7.25. The summed E-state index contributed by atoms with van der Waals surface area (Å²) in [7, 11) is 0. The van der Waals surface area contributed by atoms with E-state index in [1.54, 1.807) is 11.3 Å². The molecule has 1 aliphatic heterocycles. The first-order valence-corrected chi connectivity index (χ1v) is 9.01. The fourth-order valence-electron chi connectivity index (χ4n) is 2.53. The second-order valence-electron chi connectivity index (χ2n) is 5.32. The summed E-state index contributed by atoms with van der Waals surface area (Å²) in [6.45, 7) is 1.36. The van der Waals surface area contributed by atoms with E-state index in [1.807, 2.05) is 22.9 Å². The predicted molar refractivity (Wildman–Crippen MR) is 92.7 cm³/mol. The number of rotatable bonds is 4. The van der Waals surface area contributed by atoms with Gasteiger partial charge in [0.1, 0.15) is 0 Å². The number of carbonyl (C=O) groups is 1. The minimum Gasteiger partial charge on any atom is -0.372 e. The lowest BCUT2D eigenvalue weighted by atomic mass is 10.1. The van der Waals surface area contributed by atoms with E-state index in [-0.39, 0.29) is 5.91 Å². The minimum atomic E-state index is -0.0318. The zero-order valence-corrected chi connectivity index (χ0v) is 13.9. The van der Waals surface area contributed by atoms with E-state index in [9.17, 15) is 4.79 Å². The third-order valence-corrected chi connectivity index (χ3v) is 5.32. The van der Waals surface area contributed by atoms with Crippen LogP contribution in [0.3, 0.4) is 0 Å². The molecule has 0 saturated heterocycles. The molecule has 3 heterocycles. The summed E-state index contributed by atoms with van der Waals surface area (Å²) in [5, 5.41) is 7.45. The SMILES string of the molecule is O=C(Cc1cccs1)Nc1nc(-c2ccc3c(c2)COC3)cs1. The van der Waals surface area contributed by atoms with Crippen LogP contribution in [0.2, 0.25) is 0 Å². The van der Waals surface area contributed by atoms with Gasteiger partial charge in [0.15, 0.2) is 5.13 Å². The lowest BCUT2D eigenvalue weighted by Crippen LogP contribution is -2.13. The number of amides is 1. The van der Waals surface area contributed by atoms with Gasteiger partial charge in [-0.05, 0) is 28.6 Å². The predicted octanol–water partition coefficient (Wildman–Crippen LogP) is 4.08. The molecule has 0 unspecified atom stereocenters. The van der Waals surface area contributed by atoms with Crippen LogP contribution in [0.15, 0.2) is 41.1 Å². The van der Waals surface area contributed by atoms with E-state index in [2.05, 4.69) is 28.5 Å². The number of ether oxygens (including phenoxy) is 1. The Bertz CT molecular complexity index is 840. The molecule has 0 atom stereocenters. The molecule has 23 heavy (non-hydrogen) atoms. The first-order chi connectivity index (χ1) is 11.3. The molecule has 2 aromatic heterocycles. The van der Waals surface area contributed by atoms with Crippen molar-refractivity contribution in [2.75, 3.05) is 5.32 Å². The maximum absolute atomic E-state index is 12.0. The highest BCUT2D eigenvalue weighted by Gasteiger charge is 2.14. The van der Waals surface area contributed by atoms with Gasteiger partial charge in [0.05, 0.1) is 25.3 Å². The molecule has 116 valence electrons. The molecule has 6 heteroatoms. The van der Waals surface area contributed by atoms with Crippen molar-refractivity contribution < 1.29 is 9.53 Å². The zero-order chi connectivity index (χ0) is 15.6. The van der Waals surface area contributed by atoms with Crippen LogP contribution >= 0.6 is 22.7 Å². The monoisotopic (exact) mass is 342 g/mol. The second-order valence-corrected chi connectivity index (χ2v) is 7.21. The number of fused-ring (bicyclic) bond motifs is 1. The largest absolute Gasteiger partial charge is 0.372 e. The van der Waals surface area contributed by atoms with Crippen LogP contribution in [0, 0.1) is 0 Å². The van der Waals surface area contributed by atoms with Crippen LogP contribution in [0.1, 0.15) is 16.0 Å². The summed E-state index contributed by atoms with van der Waals surface area (Å²) in [6, 6.07) is 10.2. The molecule has 1 aromatic carbocycles. The molecule has 0 bridgehead atoms. The van der Waals surface area contributed by atoms with Crippen molar-refractivity contribution in [2.45, 2.75) is 19.6 Å². The smallest absolute Gasteiger partial charge is 0.231 e. The van der Waals surface area contributed by atoms with Gasteiger partial charge in [-0.25, -0.2) is 4.98 Å². The van der Waals surface area contributed by atoms with Crippen molar-refractivity contribution in [1.82, 2.24) is 4.98 Å². The van der Waals surface area contributed by atoms with Crippen molar-refractivity contribution in [2.24, 2.45) is 0 Å². The molecule has 0 aliphatic carbocycles. The lowest BCUT2D eigenvalue weighted by Gasteiger charge is -2.01. The van der Waals surface area contributed by atoms with Gasteiger partial charge in [0.25, 0.3) is 0 Å². The molecule has 1 aliphatic rings. The Hall–Kier alpha value is -2.02. The third kappa shape index (κ3) is 3.19. The van der Waals surface area contributed by atoms with E-state index in [0.29, 0.717) is 24.8 Å². The summed E-state index contributed by atoms with van der Waals surface area (Å²) in [5.74, 6) is -0.0318. The Morgan fingerprint density at radius 3 is 3.00 bits per heavy atom. The number of thiazole rings is 1. The van der Waals surface area contributed by atoms with E-state index in [0.717, 1.165) is 16.1 Å². The van der Waals surface area contributed by atoms with Gasteiger partial charge in [-0.1, -0.05) is 18.2 Å². The standard InChI is InChI=1S/C17H14N2O2S2/c20-16(7-14-2-1-5-22-14)19-17-18-15(10-23-17)11-3-4-12-8-21-9-13(12)6-11/h1-6,10H,7-9H2,(H,18,19,20). The van der Waals surface area contributed by atoms with Gasteiger partial charge in [-0.15, -0.1) is 22.7 Å². The molecule has 0 spiro atoms. The first kappa shape index (κ1) is 14.6. The summed E-state index contributed by atoms with van der Waals surface area (Å²) < 4.78 is 5.44. The quantitative estimate of drug-likeness (QED) is 0.777. The molecule has 4 rings (SSSR count). The van der Waals surface area contributed by atoms with Crippen molar-refractivity contribution in [3.05, 3.63) is 57.1 Å². The van der Waals surface area contributed by atoms with Gasteiger partial charge in [-0.3, -0.25) is 4.79 Å². The van der Waals surface area contributed by atoms with Crippen molar-refractivity contribution in [3.8, 4) is 11.3 Å². The molecule has 4 nitrogen and oxygen atoms in total. The fraction of sp³-hybridized carbons (Fsp3) is 0.176. The van der Waals surface area contributed by atoms with Crippen LogP contribution in [-0.4, -0.2) is 10.9 Å². The van der Waals surface area contributed by atoms with Crippen LogP contribution in [0.4, 0.5) is 5.13 Å². The minimum absolute atomic E-state index is 0.0318. The van der Waals surface area contributed by atoms with E-state index in [1.165, 1.54) is 22.5 Å². The summed E-state index contributed by atoms with van der Waals surface area (Å²) in [4.78, 5) is 17.6. The van der Waals surface area contributed by atoms with Crippen molar-refractivity contribution >= 4 is 33.7 Å². The van der Waals surface area contributed by atoms with Gasteiger partial charge in [0.2, 0.25) is 5.91 Å². The molecular weight excluding hydrogens is 328 g/mol. The Morgan fingerprint density at radius 1 is 1.22 bits per heavy atom. The van der Waals surface area contributed by atoms with Gasteiger partial charge < -0.3 is 10.1 Å². The topological polar surface area (TPSA) is 51.2 Å². The van der Waals surface area contributed by atoms with E-state index < -0.39 is 0 Å². The molecule has 3 aromatic rings. The van der Waals surface area contributed by atoms with Crippen molar-refractivity contribution in [1.29, 1.82) is 0 Å². The van der Waals surface area contributed by atoms with Crippen LogP contribution in [-0.2, 0) is 29.2 Å². The average molecular weight is 342 g/mol. The van der Waals surface area contributed by atoms with Gasteiger partial charge in [-0.2, -0.15) is 0 Å². The number of aromatic nitrogens is 1. The number of hydrogen-bond donors (Lipinski definition) is 1. The summed E-state index contributed by atoms with van der Waals surface area (Å²) in [6.07, 6.45) is 0.392.